The van der Waals surface area contributed by atoms with Gasteiger partial charge >= 0.3 is 16.1 Å². The molecule has 2 fully saturated rings. The van der Waals surface area contributed by atoms with Crippen molar-refractivity contribution in [1.29, 1.82) is 5.26 Å². The molecule has 2 aliphatic heterocycles. The zero-order valence-electron chi connectivity index (χ0n) is 45.3. The number of benzene rings is 4. The number of aromatic nitrogens is 8. The summed E-state index contributed by atoms with van der Waals surface area (Å²) in [6.45, 7) is 1.53. The lowest BCUT2D eigenvalue weighted by atomic mass is 9.80. The molecule has 0 radical (unpaired) electrons. The quantitative estimate of drug-likeness (QED) is 0.0257. The Labute approximate surface area is 478 Å². The lowest BCUT2D eigenvalue weighted by Crippen LogP contribution is -2.38. The van der Waals surface area contributed by atoms with Crippen LogP contribution in [0.3, 0.4) is 0 Å². The van der Waals surface area contributed by atoms with E-state index in [1.807, 2.05) is 36.4 Å². The number of rotatable bonds is 24. The summed E-state index contributed by atoms with van der Waals surface area (Å²) in [4.78, 5) is 73.7. The Morgan fingerprint density at radius 2 is 1.48 bits per heavy atom. The number of nitrogens with zero attached hydrogens (tertiary/aromatic N) is 8. The summed E-state index contributed by atoms with van der Waals surface area (Å²) in [6.07, 6.45) is -7.99. The van der Waals surface area contributed by atoms with Gasteiger partial charge in [-0.05, 0) is 53.1 Å². The summed E-state index contributed by atoms with van der Waals surface area (Å²) < 4.78 is 102. The Bertz CT molecular complexity index is 3750. The van der Waals surface area contributed by atoms with Gasteiger partial charge in [-0.15, -0.1) is 0 Å². The van der Waals surface area contributed by atoms with Crippen molar-refractivity contribution >= 4 is 62.0 Å². The number of amides is 2. The number of nitrogens with one attached hydrogen (secondary N) is 3. The van der Waals surface area contributed by atoms with E-state index in [0.717, 1.165) is 6.33 Å². The van der Waals surface area contributed by atoms with Crippen molar-refractivity contribution in [2.75, 3.05) is 44.7 Å². The summed E-state index contributed by atoms with van der Waals surface area (Å²) in [6, 6.07) is 33.7. The third-order valence-corrected chi connectivity index (χ3v) is 15.8. The van der Waals surface area contributed by atoms with Gasteiger partial charge in [0.1, 0.15) is 41.7 Å². The Morgan fingerprint density at radius 3 is 2.11 bits per heavy atom. The number of methoxy groups -OCH3 is 2. The molecule has 4 aromatic carbocycles. The summed E-state index contributed by atoms with van der Waals surface area (Å²) >= 11 is 0. The van der Waals surface area contributed by atoms with Crippen molar-refractivity contribution in [3.05, 3.63) is 161 Å². The van der Waals surface area contributed by atoms with Gasteiger partial charge in [-0.3, -0.25) is 52.0 Å². The summed E-state index contributed by atoms with van der Waals surface area (Å²) in [7, 11) is -5.68. The number of fused-ring (bicyclic) bond motifs is 2. The maximum Gasteiger partial charge on any atom is 0.475 e. The Morgan fingerprint density at radius 1 is 0.845 bits per heavy atom. The normalized spacial score (nSPS) is 20.8. The van der Waals surface area contributed by atoms with Crippen LogP contribution >= 0.6 is 16.1 Å². The second kappa shape index (κ2) is 25.8. The number of carbonyl (C=O) groups excluding carboxylic acids is 2. The van der Waals surface area contributed by atoms with Crippen LogP contribution in [-0.4, -0.2) is 120 Å². The van der Waals surface area contributed by atoms with Gasteiger partial charge in [-0.2, -0.15) is 10.2 Å². The number of alkyl halides is 1. The number of nitriles is 1. The van der Waals surface area contributed by atoms with Gasteiger partial charge in [-0.25, -0.2) is 28.9 Å². The minimum atomic E-state index is -5.11. The van der Waals surface area contributed by atoms with Crippen molar-refractivity contribution in [3.63, 3.8) is 0 Å². The molecule has 2 aliphatic rings. The van der Waals surface area contributed by atoms with Gasteiger partial charge in [0.15, 0.2) is 46.8 Å². The molecule has 26 nitrogen and oxygen atoms in total. The molecule has 0 aliphatic carbocycles. The minimum Gasteiger partial charge on any atom is -0.497 e. The number of halogens is 1. The van der Waals surface area contributed by atoms with Crippen LogP contribution in [0.15, 0.2) is 133 Å². The number of imidazole rings is 2. The topological polar surface area (TPSA) is 327 Å². The SMILES string of the molecule is COc1ccc(C(OC[C@H]2O[C@@H](n3cnc4c(=O)[nH]c(NC(=O)C(C)C)nc43)[C@H](OP(=O)(OCCC#N)OC[C@@H]3C[C@@H](O[PH](=O)O)[C@H](n4cnc5c(NC(=O)c6ccccc6)ncnc54)O3)[C@@H]2F)(c2ccccc2)c2ccc(OC)cc2)cc1. The van der Waals surface area contributed by atoms with E-state index in [0.29, 0.717) is 33.8 Å². The maximum absolute atomic E-state index is 18.1. The molecule has 0 spiro atoms. The lowest BCUT2D eigenvalue weighted by Gasteiger charge is -2.37. The van der Waals surface area contributed by atoms with Crippen LogP contribution in [0, 0.1) is 17.2 Å². The zero-order valence-corrected chi connectivity index (χ0v) is 47.2. The van der Waals surface area contributed by atoms with Crippen molar-refractivity contribution in [3.8, 4) is 17.6 Å². The monoisotopic (exact) mass is 1190 g/mol. The predicted molar refractivity (Wildman–Crippen MR) is 298 cm³/mol. The molecule has 8 aromatic rings. The second-order valence-corrected chi connectivity index (χ2v) is 21.8. The second-order valence-electron chi connectivity index (χ2n) is 19.4. The van der Waals surface area contributed by atoms with Crippen LogP contribution in [0.4, 0.5) is 16.2 Å². The fraction of sp³-hybridized carbons (Fsp3) is 0.327. The highest BCUT2D eigenvalue weighted by Crippen LogP contribution is 2.55. The molecule has 2 saturated heterocycles. The minimum absolute atomic E-state index is 0.0510. The fourth-order valence-electron chi connectivity index (χ4n) is 9.71. The van der Waals surface area contributed by atoms with E-state index in [9.17, 15) is 29.1 Å². The molecule has 0 saturated carbocycles. The van der Waals surface area contributed by atoms with Gasteiger partial charge in [0.25, 0.3) is 11.5 Å². The first kappa shape index (κ1) is 59.1. The molecule has 438 valence electrons. The number of aromatic amines is 1. The molecule has 4 aromatic heterocycles. The molecule has 4 N–H and O–H groups in total. The predicted octanol–water partition coefficient (Wildman–Crippen LogP) is 7.56. The number of phosphoric ester groups is 1. The molecular formula is C55H56FN11O15P2. The smallest absolute Gasteiger partial charge is 0.475 e. The average Bonchev–Trinajstić information content (AvgIpc) is 1.64. The third kappa shape index (κ3) is 12.5. The van der Waals surface area contributed by atoms with Crippen LogP contribution in [-0.2, 0) is 51.8 Å². The van der Waals surface area contributed by atoms with Crippen molar-refractivity contribution in [2.24, 2.45) is 5.92 Å². The zero-order chi connectivity index (χ0) is 59.1. The van der Waals surface area contributed by atoms with E-state index in [4.69, 9.17) is 41.8 Å². The maximum atomic E-state index is 18.1. The highest BCUT2D eigenvalue weighted by atomic mass is 31.2. The largest absolute Gasteiger partial charge is 0.497 e. The summed E-state index contributed by atoms with van der Waals surface area (Å²) in [5, 5.41) is 14.8. The van der Waals surface area contributed by atoms with E-state index >= 15 is 8.96 Å². The molecule has 10 rings (SSSR count). The number of carbonyl (C=O) groups is 2. The molecule has 84 heavy (non-hydrogen) atoms. The van der Waals surface area contributed by atoms with E-state index in [1.165, 1.54) is 36.0 Å². The number of hydrogen-bond donors (Lipinski definition) is 4. The van der Waals surface area contributed by atoms with Crippen LogP contribution in [0.2, 0.25) is 0 Å². The summed E-state index contributed by atoms with van der Waals surface area (Å²) in [5.41, 5.74) is -0.276. The first-order valence-electron chi connectivity index (χ1n) is 26.2. The average molecular weight is 1190 g/mol. The number of ether oxygens (including phenoxy) is 5. The lowest BCUT2D eigenvalue weighted by molar-refractivity contribution is -0.118. The van der Waals surface area contributed by atoms with E-state index in [-0.39, 0.29) is 46.9 Å². The van der Waals surface area contributed by atoms with Gasteiger partial charge in [0.05, 0.1) is 65.3 Å². The van der Waals surface area contributed by atoms with Crippen LogP contribution < -0.4 is 25.7 Å². The first-order valence-corrected chi connectivity index (χ1v) is 28.9. The Kier molecular flexibility index (Phi) is 18.1. The van der Waals surface area contributed by atoms with Crippen LogP contribution in [0.5, 0.6) is 11.5 Å². The van der Waals surface area contributed by atoms with Gasteiger partial charge in [0.2, 0.25) is 11.9 Å². The van der Waals surface area contributed by atoms with Crippen molar-refractivity contribution in [2.45, 2.75) is 75.3 Å². The Balaban J connectivity index is 0.984. The van der Waals surface area contributed by atoms with Gasteiger partial charge in [0, 0.05) is 17.9 Å². The molecule has 9 atom stereocenters. The van der Waals surface area contributed by atoms with E-state index < -0.39 is 108 Å². The van der Waals surface area contributed by atoms with Crippen molar-refractivity contribution < 1.29 is 69.8 Å². The molecule has 6 heterocycles. The fourth-order valence-corrected chi connectivity index (χ4v) is 11.6. The van der Waals surface area contributed by atoms with E-state index in [1.54, 1.807) is 92.7 Å². The first-order chi connectivity index (χ1) is 40.6. The molecule has 2 unspecified atom stereocenters. The van der Waals surface area contributed by atoms with Crippen LogP contribution in [0.1, 0.15) is 66.2 Å². The molecule has 0 bridgehead atoms. The molecule has 29 heteroatoms. The molecule has 2 amide bonds. The highest BCUT2D eigenvalue weighted by molar-refractivity contribution is 7.48. The van der Waals surface area contributed by atoms with Gasteiger partial charge < -0.3 is 38.4 Å². The van der Waals surface area contributed by atoms with Gasteiger partial charge in [-0.1, -0.05) is 86.6 Å². The number of anilines is 2. The standard InChI is InChI=1S/C55H56FN11O15P2/c1-32(2)49(68)64-54-63-48-44(51(70)65-54)61-31-67(48)53-45(42(56)41(80-53)28-76-55(34-14-9-6-10-15-34,35-16-20-37(74-3)21-17-35)36-18-22-38(75-4)23-19-36)82-84(73,77-25-11-24-57)78-27-39-26-40(81-83(71)72)52(79-39)66-30-60-43-46(58-29-59-47(43)66)62-50(69)33-12-7-5-8-13-33/h5-10,12-23,29-32,39-42,45,52-53,83H,11,25-28H2,1-4H3,(H,71,72)(H,58,59,62,69)(H2,63,64,65,68,70)/t39-,40+,41+,42+,45+,52+,53+,84?/m0/s1. The number of hydrogen-bond acceptors (Lipinski definition) is 20. The Hall–Kier alpha value is -8.12. The van der Waals surface area contributed by atoms with Crippen molar-refractivity contribution in [1.82, 2.24) is 39.0 Å². The number of phosphoric acid groups is 1. The molecular weight excluding hydrogens is 1140 g/mol. The highest BCUT2D eigenvalue weighted by Gasteiger charge is 2.53. The number of H-pyrrole nitrogens is 1. The van der Waals surface area contributed by atoms with Crippen LogP contribution in [0.25, 0.3) is 22.3 Å². The van der Waals surface area contributed by atoms with E-state index in [2.05, 4.69) is 40.5 Å². The summed E-state index contributed by atoms with van der Waals surface area (Å²) in [5.74, 6) is -0.608. The third-order valence-electron chi connectivity index (χ3n) is 13.8.